The molecule has 2 aromatic rings. The van der Waals surface area contributed by atoms with Crippen LogP contribution in [0.15, 0.2) is 58.5 Å². The molecule has 0 saturated heterocycles. The highest BCUT2D eigenvalue weighted by Crippen LogP contribution is 2.23. The molecule has 0 atom stereocenters. The quantitative estimate of drug-likeness (QED) is 0.316. The maximum atomic E-state index is 12.1. The van der Waals surface area contributed by atoms with Crippen molar-refractivity contribution in [3.05, 3.63) is 59.7 Å². The number of benzene rings is 2. The summed E-state index contributed by atoms with van der Waals surface area (Å²) in [6.07, 6.45) is -6.59. The molecule has 1 N–H and O–H groups in total. The Kier molecular flexibility index (Phi) is 8.69. The molecule has 0 fully saturated rings. The molecule has 2 rings (SSSR count). The molecule has 5 nitrogen and oxygen atoms in total. The first-order chi connectivity index (χ1) is 14.5. The van der Waals surface area contributed by atoms with Crippen molar-refractivity contribution in [3.8, 4) is 11.5 Å². The van der Waals surface area contributed by atoms with Crippen LogP contribution < -0.4 is 14.3 Å². The Bertz CT molecular complexity index is 797. The van der Waals surface area contributed by atoms with Crippen molar-refractivity contribution in [1.82, 2.24) is 4.84 Å². The molecule has 0 aliphatic carbocycles. The molecule has 0 heterocycles. The molecule has 2 aromatic carbocycles. The van der Waals surface area contributed by atoms with Crippen molar-refractivity contribution in [2.75, 3.05) is 13.1 Å². The first-order valence-electron chi connectivity index (χ1n) is 8.61. The average Bonchev–Trinajstić information content (AvgIpc) is 2.67. The van der Waals surface area contributed by atoms with Gasteiger partial charge >= 0.3 is 12.7 Å². The third-order valence-electron chi connectivity index (χ3n) is 3.51. The Morgan fingerprint density at radius 3 is 1.39 bits per heavy atom. The second kappa shape index (κ2) is 11.0. The van der Waals surface area contributed by atoms with E-state index < -0.39 is 12.7 Å². The fourth-order valence-corrected chi connectivity index (χ4v) is 2.35. The van der Waals surface area contributed by atoms with Gasteiger partial charge in [-0.3, -0.25) is 9.98 Å². The molecule has 0 saturated carbocycles. The summed E-state index contributed by atoms with van der Waals surface area (Å²) >= 11 is 5.65. The lowest BCUT2D eigenvalue weighted by atomic mass is 10.2. The van der Waals surface area contributed by atoms with Crippen LogP contribution in [0.5, 0.6) is 11.5 Å². The van der Waals surface area contributed by atoms with Crippen LogP contribution in [0.1, 0.15) is 11.1 Å². The van der Waals surface area contributed by atoms with E-state index in [1.54, 1.807) is 0 Å². The van der Waals surface area contributed by atoms with Crippen LogP contribution in [0.4, 0.5) is 26.3 Å². The standard InChI is InChI=1S/C19H16ClF6N3O2/c20-29-15(11-27-9-13-1-5-16(6-2-13)30-18(21,22)23)12-28-10-14-3-7-17(8-4-14)31-19(24,25)26/h1-10,15,29H,11-12H2. The van der Waals surface area contributed by atoms with Gasteiger partial charge in [-0.1, -0.05) is 0 Å². The normalized spacial score (nSPS) is 13.6. The minimum atomic E-state index is -4.76. The number of aliphatic imine (C=N–C) groups is 2. The Labute approximate surface area is 178 Å². The van der Waals surface area contributed by atoms with Gasteiger partial charge in [0, 0.05) is 12.4 Å². The van der Waals surface area contributed by atoms with Gasteiger partial charge in [-0.2, -0.15) is 0 Å². The van der Waals surface area contributed by atoms with Gasteiger partial charge in [-0.15, -0.1) is 26.3 Å². The van der Waals surface area contributed by atoms with Crippen molar-refractivity contribution < 1.29 is 35.8 Å². The number of hydrogen-bond donors (Lipinski definition) is 1. The number of halogens is 7. The van der Waals surface area contributed by atoms with Crippen LogP contribution in [-0.4, -0.2) is 44.3 Å². The number of rotatable bonds is 9. The van der Waals surface area contributed by atoms with Crippen molar-refractivity contribution in [2.24, 2.45) is 9.98 Å². The van der Waals surface area contributed by atoms with E-state index in [0.717, 1.165) is 0 Å². The number of hydrogen-bond acceptors (Lipinski definition) is 5. The van der Waals surface area contributed by atoms with E-state index in [-0.39, 0.29) is 30.6 Å². The summed E-state index contributed by atoms with van der Waals surface area (Å²) in [6, 6.07) is 9.98. The first kappa shape index (κ1) is 24.5. The summed E-state index contributed by atoms with van der Waals surface area (Å²) in [5, 5.41) is 0. The molecule has 0 amide bonds. The van der Waals surface area contributed by atoms with Crippen LogP contribution in [0.3, 0.4) is 0 Å². The molecule has 0 unspecified atom stereocenters. The van der Waals surface area contributed by atoms with Gasteiger partial charge in [0.1, 0.15) is 11.5 Å². The first-order valence-corrected chi connectivity index (χ1v) is 8.99. The van der Waals surface area contributed by atoms with Gasteiger partial charge in [0.15, 0.2) is 0 Å². The Morgan fingerprint density at radius 1 is 0.742 bits per heavy atom. The zero-order chi connectivity index (χ0) is 22.9. The maximum Gasteiger partial charge on any atom is 0.573 e. The zero-order valence-corrected chi connectivity index (χ0v) is 16.4. The van der Waals surface area contributed by atoms with Crippen molar-refractivity contribution in [3.63, 3.8) is 0 Å². The van der Waals surface area contributed by atoms with Crippen LogP contribution in [-0.2, 0) is 0 Å². The lowest BCUT2D eigenvalue weighted by Gasteiger charge is -2.09. The zero-order valence-electron chi connectivity index (χ0n) is 15.6. The lowest BCUT2D eigenvalue weighted by molar-refractivity contribution is -0.275. The van der Waals surface area contributed by atoms with E-state index in [2.05, 4.69) is 24.3 Å². The average molecular weight is 468 g/mol. The summed E-state index contributed by atoms with van der Waals surface area (Å²) < 4.78 is 80.4. The molecule has 0 bridgehead atoms. The summed E-state index contributed by atoms with van der Waals surface area (Å²) in [7, 11) is 0. The lowest BCUT2D eigenvalue weighted by Crippen LogP contribution is -2.27. The highest BCUT2D eigenvalue weighted by atomic mass is 35.5. The monoisotopic (exact) mass is 467 g/mol. The summed E-state index contributed by atoms with van der Waals surface area (Å²) in [6.45, 7) is 0.444. The highest BCUT2D eigenvalue weighted by molar-refractivity contribution is 6.13. The Morgan fingerprint density at radius 2 is 1.10 bits per heavy atom. The van der Waals surface area contributed by atoms with Gasteiger partial charge < -0.3 is 9.47 Å². The molecular formula is C19H16ClF6N3O2. The fraction of sp³-hybridized carbons (Fsp3) is 0.263. The van der Waals surface area contributed by atoms with E-state index >= 15 is 0 Å². The van der Waals surface area contributed by atoms with Crippen LogP contribution in [0.25, 0.3) is 0 Å². The minimum absolute atomic E-state index is 0.222. The molecule has 0 radical (unpaired) electrons. The smallest absolute Gasteiger partial charge is 0.406 e. The molecule has 0 aromatic heterocycles. The van der Waals surface area contributed by atoms with Crippen molar-refractivity contribution in [2.45, 2.75) is 18.8 Å². The number of ether oxygens (including phenoxy) is 2. The summed E-state index contributed by atoms with van der Waals surface area (Å²) in [4.78, 5) is 10.8. The topological polar surface area (TPSA) is 55.2 Å². The number of nitrogens with one attached hydrogen (secondary N) is 1. The van der Waals surface area contributed by atoms with Gasteiger partial charge in [0.2, 0.25) is 0 Å². The number of nitrogens with zero attached hydrogens (tertiary/aromatic N) is 2. The molecule has 12 heteroatoms. The van der Waals surface area contributed by atoms with Crippen molar-refractivity contribution in [1.29, 1.82) is 0 Å². The minimum Gasteiger partial charge on any atom is -0.406 e. The van der Waals surface area contributed by atoms with Gasteiger partial charge in [0.05, 0.1) is 19.1 Å². The van der Waals surface area contributed by atoms with E-state index in [4.69, 9.17) is 11.8 Å². The van der Waals surface area contributed by atoms with Crippen LogP contribution in [0, 0.1) is 0 Å². The predicted octanol–water partition coefficient (Wildman–Crippen LogP) is 5.13. The molecule has 0 aliphatic heterocycles. The molecule has 31 heavy (non-hydrogen) atoms. The van der Waals surface area contributed by atoms with Gasteiger partial charge in [-0.25, -0.2) is 4.84 Å². The van der Waals surface area contributed by atoms with E-state index in [1.165, 1.54) is 61.0 Å². The Balaban J connectivity index is 1.82. The van der Waals surface area contributed by atoms with E-state index in [0.29, 0.717) is 11.1 Å². The molecule has 168 valence electrons. The van der Waals surface area contributed by atoms with Crippen molar-refractivity contribution >= 4 is 24.2 Å². The predicted molar refractivity (Wildman–Crippen MR) is 104 cm³/mol. The van der Waals surface area contributed by atoms with Gasteiger partial charge in [-0.05, 0) is 71.4 Å². The summed E-state index contributed by atoms with van der Waals surface area (Å²) in [5.74, 6) is -0.672. The summed E-state index contributed by atoms with van der Waals surface area (Å²) in [5.41, 5.74) is 1.13. The second-order valence-corrected chi connectivity index (χ2v) is 6.25. The molecule has 0 spiro atoms. The maximum absolute atomic E-state index is 12.1. The van der Waals surface area contributed by atoms with E-state index in [9.17, 15) is 26.3 Å². The fourth-order valence-electron chi connectivity index (χ4n) is 2.21. The largest absolute Gasteiger partial charge is 0.573 e. The third kappa shape index (κ3) is 10.2. The second-order valence-electron chi connectivity index (χ2n) is 6.03. The molecule has 0 aliphatic rings. The SMILES string of the molecule is FC(F)(F)Oc1ccc(C=NCC(CN=Cc2ccc(OC(F)(F)F)cc2)NCl)cc1. The third-order valence-corrected chi connectivity index (χ3v) is 3.82. The van der Waals surface area contributed by atoms with Crippen LogP contribution in [0.2, 0.25) is 0 Å². The van der Waals surface area contributed by atoms with Gasteiger partial charge in [0.25, 0.3) is 0 Å². The van der Waals surface area contributed by atoms with Crippen LogP contribution >= 0.6 is 11.8 Å². The number of alkyl halides is 6. The Hall–Kier alpha value is -2.79. The molecular weight excluding hydrogens is 452 g/mol. The van der Waals surface area contributed by atoms with E-state index in [1.807, 2.05) is 0 Å². The highest BCUT2D eigenvalue weighted by Gasteiger charge is 2.31.